The Morgan fingerprint density at radius 1 is 0.944 bits per heavy atom. The van der Waals surface area contributed by atoms with Crippen LogP contribution in [-0.4, -0.2) is 49.5 Å². The maximum Gasteiger partial charge on any atom is 0.262 e. The molecule has 1 aliphatic rings. The molecule has 0 spiro atoms. The molecule has 1 aliphatic heterocycles. The Morgan fingerprint density at radius 2 is 1.61 bits per heavy atom. The van der Waals surface area contributed by atoms with Crippen molar-refractivity contribution in [2.45, 2.75) is 26.2 Å². The van der Waals surface area contributed by atoms with E-state index in [1.54, 1.807) is 24.3 Å². The maximum atomic E-state index is 12.8. The van der Waals surface area contributed by atoms with Crippen molar-refractivity contribution in [3.8, 4) is 5.75 Å². The largest absolute Gasteiger partial charge is 0.484 e. The molecule has 1 heterocycles. The van der Waals surface area contributed by atoms with E-state index in [4.69, 9.17) is 16.3 Å². The van der Waals surface area contributed by atoms with Crippen LogP contribution in [0.4, 0.5) is 11.4 Å². The van der Waals surface area contributed by atoms with E-state index in [-0.39, 0.29) is 18.4 Å². The summed E-state index contributed by atoms with van der Waals surface area (Å²) in [4.78, 5) is 29.5. The highest BCUT2D eigenvalue weighted by molar-refractivity contribution is 6.30. The Balaban J connectivity index is 1.32. The molecule has 7 heteroatoms. The molecule has 1 N–H and O–H groups in total. The van der Waals surface area contributed by atoms with Crippen molar-refractivity contribution >= 4 is 34.8 Å². The van der Waals surface area contributed by atoms with Crippen molar-refractivity contribution in [2.24, 2.45) is 0 Å². The van der Waals surface area contributed by atoms with Gasteiger partial charge in [-0.1, -0.05) is 49.7 Å². The van der Waals surface area contributed by atoms with E-state index in [1.807, 2.05) is 53.4 Å². The predicted octanol–water partition coefficient (Wildman–Crippen LogP) is 5.83. The van der Waals surface area contributed by atoms with Crippen LogP contribution < -0.4 is 15.0 Å². The number of hydrogen-bond acceptors (Lipinski definition) is 4. The molecule has 0 radical (unpaired) electrons. The first-order chi connectivity index (χ1) is 17.4. The second-order valence-electron chi connectivity index (χ2n) is 9.02. The van der Waals surface area contributed by atoms with E-state index in [1.165, 1.54) is 5.56 Å². The Bertz CT molecular complexity index is 1170. The summed E-state index contributed by atoms with van der Waals surface area (Å²) in [6, 6.07) is 22.6. The maximum absolute atomic E-state index is 12.8. The van der Waals surface area contributed by atoms with E-state index in [2.05, 4.69) is 24.1 Å². The number of anilines is 2. The van der Waals surface area contributed by atoms with Crippen molar-refractivity contribution in [2.75, 3.05) is 43.0 Å². The monoisotopic (exact) mass is 505 g/mol. The van der Waals surface area contributed by atoms with Crippen LogP contribution in [0.5, 0.6) is 5.75 Å². The Hall–Kier alpha value is -3.51. The second kappa shape index (κ2) is 12.0. The first-order valence-electron chi connectivity index (χ1n) is 12.4. The first-order valence-corrected chi connectivity index (χ1v) is 12.7. The molecular weight excluding hydrogens is 474 g/mol. The number of piperazine rings is 1. The molecule has 1 unspecified atom stereocenters. The van der Waals surface area contributed by atoms with E-state index >= 15 is 0 Å². The standard InChI is InChI=1S/C29H32ClN3O3/c1-3-21(2)22-10-14-25(15-11-22)36-20-28(34)31-26-6-4-5-7-27(26)32-16-18-33(19-17-32)29(35)23-8-12-24(30)13-9-23/h4-15,21H,3,16-20H2,1-2H3,(H,31,34). The molecule has 4 rings (SSSR count). The van der Waals surface area contributed by atoms with Gasteiger partial charge in [-0.05, 0) is 66.4 Å². The van der Waals surface area contributed by atoms with Crippen LogP contribution in [0.25, 0.3) is 0 Å². The lowest BCUT2D eigenvalue weighted by molar-refractivity contribution is -0.118. The van der Waals surface area contributed by atoms with E-state index < -0.39 is 0 Å². The van der Waals surface area contributed by atoms with Gasteiger partial charge in [-0.3, -0.25) is 9.59 Å². The van der Waals surface area contributed by atoms with Gasteiger partial charge in [0.2, 0.25) is 0 Å². The molecule has 0 aromatic heterocycles. The van der Waals surface area contributed by atoms with Crippen LogP contribution in [0.15, 0.2) is 72.8 Å². The van der Waals surface area contributed by atoms with Gasteiger partial charge in [0.25, 0.3) is 11.8 Å². The minimum Gasteiger partial charge on any atom is -0.484 e. The average molecular weight is 506 g/mol. The predicted molar refractivity (Wildman–Crippen MR) is 145 cm³/mol. The van der Waals surface area contributed by atoms with Crippen molar-refractivity contribution in [3.63, 3.8) is 0 Å². The second-order valence-corrected chi connectivity index (χ2v) is 9.45. The van der Waals surface area contributed by atoms with Crippen molar-refractivity contribution in [3.05, 3.63) is 88.9 Å². The number of amides is 2. The minimum atomic E-state index is -0.218. The lowest BCUT2D eigenvalue weighted by atomic mass is 9.99. The van der Waals surface area contributed by atoms with Crippen molar-refractivity contribution in [1.29, 1.82) is 0 Å². The zero-order valence-electron chi connectivity index (χ0n) is 20.7. The van der Waals surface area contributed by atoms with Gasteiger partial charge in [-0.15, -0.1) is 0 Å². The van der Waals surface area contributed by atoms with Crippen molar-refractivity contribution < 1.29 is 14.3 Å². The summed E-state index contributed by atoms with van der Waals surface area (Å²) < 4.78 is 5.71. The molecule has 1 fully saturated rings. The summed E-state index contributed by atoms with van der Waals surface area (Å²) in [5.74, 6) is 0.954. The van der Waals surface area contributed by atoms with Gasteiger partial charge in [-0.25, -0.2) is 0 Å². The molecule has 0 saturated carbocycles. The number of nitrogens with zero attached hydrogens (tertiary/aromatic N) is 2. The van der Waals surface area contributed by atoms with Crippen LogP contribution in [0.1, 0.15) is 42.1 Å². The normalized spacial score (nSPS) is 14.3. The lowest BCUT2D eigenvalue weighted by Gasteiger charge is -2.37. The van der Waals surface area contributed by atoms with Gasteiger partial charge in [-0.2, -0.15) is 0 Å². The number of halogens is 1. The number of benzene rings is 3. The Labute approximate surface area is 217 Å². The Kier molecular flexibility index (Phi) is 8.49. The fourth-order valence-corrected chi connectivity index (χ4v) is 4.37. The number of para-hydroxylation sites is 2. The molecule has 6 nitrogen and oxygen atoms in total. The van der Waals surface area contributed by atoms with Gasteiger partial charge in [0.05, 0.1) is 11.4 Å². The third-order valence-corrected chi connectivity index (χ3v) is 6.86. The summed E-state index contributed by atoms with van der Waals surface area (Å²) >= 11 is 5.94. The van der Waals surface area contributed by atoms with E-state index in [9.17, 15) is 9.59 Å². The summed E-state index contributed by atoms with van der Waals surface area (Å²) in [5, 5.41) is 3.59. The number of hydrogen-bond donors (Lipinski definition) is 1. The quantitative estimate of drug-likeness (QED) is 0.418. The first kappa shape index (κ1) is 25.6. The third kappa shape index (κ3) is 6.38. The highest BCUT2D eigenvalue weighted by atomic mass is 35.5. The number of ether oxygens (including phenoxy) is 1. The summed E-state index contributed by atoms with van der Waals surface area (Å²) in [7, 11) is 0. The lowest BCUT2D eigenvalue weighted by Crippen LogP contribution is -2.49. The number of nitrogens with one attached hydrogen (secondary N) is 1. The van der Waals surface area contributed by atoms with Gasteiger partial charge in [0.1, 0.15) is 5.75 Å². The number of carbonyl (C=O) groups is 2. The van der Waals surface area contributed by atoms with Crippen LogP contribution in [0.3, 0.4) is 0 Å². The summed E-state index contributed by atoms with van der Waals surface area (Å²) in [6.07, 6.45) is 1.08. The smallest absolute Gasteiger partial charge is 0.262 e. The van der Waals surface area contributed by atoms with Crippen LogP contribution >= 0.6 is 11.6 Å². The molecular formula is C29H32ClN3O3. The van der Waals surface area contributed by atoms with Crippen LogP contribution in [0.2, 0.25) is 5.02 Å². The SMILES string of the molecule is CCC(C)c1ccc(OCC(=O)Nc2ccccc2N2CCN(C(=O)c3ccc(Cl)cc3)CC2)cc1. The van der Waals surface area contributed by atoms with Crippen molar-refractivity contribution in [1.82, 2.24) is 4.90 Å². The van der Waals surface area contributed by atoms with Gasteiger partial charge in [0.15, 0.2) is 6.61 Å². The summed E-state index contributed by atoms with van der Waals surface area (Å²) in [5.41, 5.74) is 3.56. The molecule has 3 aromatic carbocycles. The van der Waals surface area contributed by atoms with Gasteiger partial charge in [0, 0.05) is 36.8 Å². The molecule has 1 atom stereocenters. The fourth-order valence-electron chi connectivity index (χ4n) is 4.24. The molecule has 2 amide bonds. The minimum absolute atomic E-state index is 0.00207. The van der Waals surface area contributed by atoms with Crippen LogP contribution in [-0.2, 0) is 4.79 Å². The van der Waals surface area contributed by atoms with Gasteiger partial charge >= 0.3 is 0 Å². The Morgan fingerprint density at radius 3 is 2.28 bits per heavy atom. The molecule has 36 heavy (non-hydrogen) atoms. The molecule has 1 saturated heterocycles. The zero-order chi connectivity index (χ0) is 25.5. The third-order valence-electron chi connectivity index (χ3n) is 6.61. The average Bonchev–Trinajstić information content (AvgIpc) is 2.92. The molecule has 3 aromatic rings. The number of carbonyl (C=O) groups excluding carboxylic acids is 2. The van der Waals surface area contributed by atoms with Gasteiger partial charge < -0.3 is 19.9 Å². The van der Waals surface area contributed by atoms with Crippen LogP contribution in [0, 0.1) is 0 Å². The topological polar surface area (TPSA) is 61.9 Å². The highest BCUT2D eigenvalue weighted by Crippen LogP contribution is 2.27. The molecule has 188 valence electrons. The molecule has 0 bridgehead atoms. The number of rotatable bonds is 8. The van der Waals surface area contributed by atoms with E-state index in [0.29, 0.717) is 48.4 Å². The molecule has 0 aliphatic carbocycles. The fraction of sp³-hybridized carbons (Fsp3) is 0.310. The summed E-state index contributed by atoms with van der Waals surface area (Å²) in [6.45, 7) is 6.83. The zero-order valence-corrected chi connectivity index (χ0v) is 21.5. The highest BCUT2D eigenvalue weighted by Gasteiger charge is 2.24. The van der Waals surface area contributed by atoms with E-state index in [0.717, 1.165) is 17.8 Å².